The van der Waals surface area contributed by atoms with E-state index < -0.39 is 15.6 Å². The molecule has 1 aromatic carbocycles. The van der Waals surface area contributed by atoms with Gasteiger partial charge in [0, 0.05) is 19.3 Å². The summed E-state index contributed by atoms with van der Waals surface area (Å²) >= 11 is 0. The van der Waals surface area contributed by atoms with E-state index in [9.17, 15) is 13.5 Å². The third-order valence-electron chi connectivity index (χ3n) is 4.26. The number of nitrogens with two attached hydrogens (primary N) is 1. The van der Waals surface area contributed by atoms with Crippen LogP contribution in [0.3, 0.4) is 0 Å². The van der Waals surface area contributed by atoms with Gasteiger partial charge in [0.25, 0.3) is 0 Å². The highest BCUT2D eigenvalue weighted by molar-refractivity contribution is 7.89. The number of nitrogens with zero attached hydrogens (tertiary/aromatic N) is 1. The van der Waals surface area contributed by atoms with Crippen molar-refractivity contribution < 1.29 is 13.5 Å². The molecular weight excluding hydrogens is 288 g/mol. The largest absolute Gasteiger partial charge is 0.398 e. The normalized spacial score (nSPS) is 18.3. The van der Waals surface area contributed by atoms with Crippen LogP contribution in [-0.4, -0.2) is 37.0 Å². The summed E-state index contributed by atoms with van der Waals surface area (Å²) in [5.74, 6) is 0. The van der Waals surface area contributed by atoms with Gasteiger partial charge in [-0.1, -0.05) is 25.8 Å². The molecule has 1 fully saturated rings. The Labute approximate surface area is 126 Å². The first-order valence-electron chi connectivity index (χ1n) is 7.36. The molecule has 0 aliphatic heterocycles. The molecule has 0 saturated heterocycles. The minimum atomic E-state index is -3.62. The molecule has 1 aliphatic rings. The minimum Gasteiger partial charge on any atom is -0.398 e. The van der Waals surface area contributed by atoms with Gasteiger partial charge in [0.1, 0.15) is 0 Å². The SMILES string of the molecule is CCc1ccc(S(=O)(=O)N(C)CC2(O)CCCC2)cc1N. The molecule has 0 radical (unpaired) electrons. The van der Waals surface area contributed by atoms with E-state index in [0.29, 0.717) is 18.5 Å². The van der Waals surface area contributed by atoms with E-state index in [1.54, 1.807) is 12.1 Å². The number of benzene rings is 1. The maximum Gasteiger partial charge on any atom is 0.242 e. The van der Waals surface area contributed by atoms with Gasteiger partial charge in [0.2, 0.25) is 10.0 Å². The predicted octanol–water partition coefficient (Wildman–Crippen LogP) is 1.76. The van der Waals surface area contributed by atoms with Gasteiger partial charge in [-0.2, -0.15) is 4.31 Å². The fraction of sp³-hybridized carbons (Fsp3) is 0.600. The molecule has 5 nitrogen and oxygen atoms in total. The van der Waals surface area contributed by atoms with Gasteiger partial charge in [-0.15, -0.1) is 0 Å². The van der Waals surface area contributed by atoms with Crippen molar-refractivity contribution in [1.82, 2.24) is 4.31 Å². The summed E-state index contributed by atoms with van der Waals surface area (Å²) in [5.41, 5.74) is 6.42. The maximum atomic E-state index is 12.6. The van der Waals surface area contributed by atoms with E-state index in [4.69, 9.17) is 5.73 Å². The second kappa shape index (κ2) is 5.94. The zero-order chi connectivity index (χ0) is 15.7. The van der Waals surface area contributed by atoms with E-state index in [-0.39, 0.29) is 11.4 Å². The Balaban J connectivity index is 2.22. The van der Waals surface area contributed by atoms with Crippen molar-refractivity contribution in [2.45, 2.75) is 49.5 Å². The van der Waals surface area contributed by atoms with Crippen LogP contribution in [0.4, 0.5) is 5.69 Å². The summed E-state index contributed by atoms with van der Waals surface area (Å²) in [5, 5.41) is 10.4. The van der Waals surface area contributed by atoms with Crippen molar-refractivity contribution in [3.63, 3.8) is 0 Å². The van der Waals surface area contributed by atoms with Crippen LogP contribution in [0, 0.1) is 0 Å². The quantitative estimate of drug-likeness (QED) is 0.811. The van der Waals surface area contributed by atoms with Gasteiger partial charge < -0.3 is 10.8 Å². The Morgan fingerprint density at radius 3 is 2.48 bits per heavy atom. The molecule has 118 valence electrons. The van der Waals surface area contributed by atoms with Gasteiger partial charge in [-0.3, -0.25) is 0 Å². The average Bonchev–Trinajstić information content (AvgIpc) is 2.85. The number of anilines is 1. The number of aryl methyl sites for hydroxylation is 1. The number of rotatable bonds is 5. The molecule has 0 amide bonds. The molecule has 3 N–H and O–H groups in total. The van der Waals surface area contributed by atoms with Crippen LogP contribution in [0.15, 0.2) is 23.1 Å². The van der Waals surface area contributed by atoms with Crippen molar-refractivity contribution in [2.75, 3.05) is 19.3 Å². The van der Waals surface area contributed by atoms with Crippen LogP contribution in [0.25, 0.3) is 0 Å². The Morgan fingerprint density at radius 2 is 1.95 bits per heavy atom. The van der Waals surface area contributed by atoms with Crippen LogP contribution < -0.4 is 5.73 Å². The van der Waals surface area contributed by atoms with E-state index in [2.05, 4.69) is 0 Å². The van der Waals surface area contributed by atoms with Crippen LogP contribution in [0.2, 0.25) is 0 Å². The first kappa shape index (κ1) is 16.3. The highest BCUT2D eigenvalue weighted by atomic mass is 32.2. The van der Waals surface area contributed by atoms with Crippen LogP contribution in [0.5, 0.6) is 0 Å². The average molecular weight is 312 g/mol. The number of sulfonamides is 1. The fourth-order valence-electron chi connectivity index (χ4n) is 2.93. The Morgan fingerprint density at radius 1 is 1.33 bits per heavy atom. The highest BCUT2D eigenvalue weighted by Gasteiger charge is 2.35. The van der Waals surface area contributed by atoms with Crippen molar-refractivity contribution >= 4 is 15.7 Å². The van der Waals surface area contributed by atoms with Gasteiger partial charge in [-0.25, -0.2) is 8.42 Å². The lowest BCUT2D eigenvalue weighted by atomic mass is 10.0. The summed E-state index contributed by atoms with van der Waals surface area (Å²) in [4.78, 5) is 0.182. The molecule has 6 heteroatoms. The van der Waals surface area contributed by atoms with Crippen molar-refractivity contribution in [1.29, 1.82) is 0 Å². The third-order valence-corrected chi connectivity index (χ3v) is 6.06. The number of hydrogen-bond acceptors (Lipinski definition) is 4. The monoisotopic (exact) mass is 312 g/mol. The summed E-state index contributed by atoms with van der Waals surface area (Å²) in [6.07, 6.45) is 3.97. The third kappa shape index (κ3) is 3.39. The van der Waals surface area contributed by atoms with Crippen LogP contribution in [0.1, 0.15) is 38.2 Å². The van der Waals surface area contributed by atoms with Gasteiger partial charge >= 0.3 is 0 Å². The Kier molecular flexibility index (Phi) is 4.60. The number of aliphatic hydroxyl groups is 1. The molecule has 0 aromatic heterocycles. The minimum absolute atomic E-state index is 0.130. The van der Waals surface area contributed by atoms with Gasteiger partial charge in [-0.05, 0) is 37.0 Å². The van der Waals surface area contributed by atoms with E-state index >= 15 is 0 Å². The smallest absolute Gasteiger partial charge is 0.242 e. The van der Waals surface area contributed by atoms with Crippen molar-refractivity contribution in [2.24, 2.45) is 0 Å². The molecule has 0 atom stereocenters. The van der Waals surface area contributed by atoms with Crippen LogP contribution >= 0.6 is 0 Å². The summed E-state index contributed by atoms with van der Waals surface area (Å²) in [6.45, 7) is 2.10. The van der Waals surface area contributed by atoms with E-state index in [1.807, 2.05) is 6.92 Å². The van der Waals surface area contributed by atoms with Gasteiger partial charge in [0.05, 0.1) is 10.5 Å². The second-order valence-corrected chi connectivity index (χ2v) is 7.95. The number of nitrogen functional groups attached to an aromatic ring is 1. The zero-order valence-electron chi connectivity index (χ0n) is 12.7. The molecule has 1 saturated carbocycles. The maximum absolute atomic E-state index is 12.6. The van der Waals surface area contributed by atoms with Crippen molar-refractivity contribution in [3.05, 3.63) is 23.8 Å². The fourth-order valence-corrected chi connectivity index (χ4v) is 4.21. The predicted molar refractivity (Wildman–Crippen MR) is 83.5 cm³/mol. The molecule has 0 bridgehead atoms. The first-order valence-corrected chi connectivity index (χ1v) is 8.80. The molecular formula is C15H24N2O3S. The molecule has 0 heterocycles. The van der Waals surface area contributed by atoms with E-state index in [1.165, 1.54) is 17.4 Å². The first-order chi connectivity index (χ1) is 9.78. The van der Waals surface area contributed by atoms with Crippen LogP contribution in [-0.2, 0) is 16.4 Å². The molecule has 2 rings (SSSR count). The Bertz CT molecular complexity index is 607. The molecule has 0 spiro atoms. The number of likely N-dealkylation sites (N-methyl/N-ethyl adjacent to an activating group) is 1. The van der Waals surface area contributed by atoms with Gasteiger partial charge in [0.15, 0.2) is 0 Å². The zero-order valence-corrected chi connectivity index (χ0v) is 13.5. The van der Waals surface area contributed by atoms with Crippen molar-refractivity contribution in [3.8, 4) is 0 Å². The summed E-state index contributed by atoms with van der Waals surface area (Å²) in [7, 11) is -2.11. The second-order valence-electron chi connectivity index (χ2n) is 5.91. The summed E-state index contributed by atoms with van der Waals surface area (Å²) in [6, 6.07) is 4.84. The lowest BCUT2D eigenvalue weighted by Gasteiger charge is -2.28. The molecule has 21 heavy (non-hydrogen) atoms. The molecule has 1 aliphatic carbocycles. The van der Waals surface area contributed by atoms with E-state index in [0.717, 1.165) is 24.8 Å². The summed E-state index contributed by atoms with van der Waals surface area (Å²) < 4.78 is 26.4. The lowest BCUT2D eigenvalue weighted by molar-refractivity contribution is 0.0333. The highest BCUT2D eigenvalue weighted by Crippen LogP contribution is 2.31. The molecule has 1 aromatic rings. The lowest BCUT2D eigenvalue weighted by Crippen LogP contribution is -2.42. The standard InChI is InChI=1S/C15H24N2O3S/c1-3-12-6-7-13(10-14(12)16)21(19,20)17(2)11-15(18)8-4-5-9-15/h6-7,10,18H,3-5,8-9,11,16H2,1-2H3. The molecule has 0 unspecified atom stereocenters. The Hall–Kier alpha value is -1.11. The number of hydrogen-bond donors (Lipinski definition) is 2. The topological polar surface area (TPSA) is 83.6 Å².